The van der Waals surface area contributed by atoms with Crippen molar-refractivity contribution < 1.29 is 57.0 Å². The lowest BCUT2D eigenvalue weighted by Gasteiger charge is -2.14. The fraction of sp³-hybridized carbons (Fsp3) is 0.545. The van der Waals surface area contributed by atoms with Gasteiger partial charge < -0.3 is 58.0 Å². The maximum atomic E-state index is 13.0. The summed E-state index contributed by atoms with van der Waals surface area (Å²) in [7, 11) is 0. The lowest BCUT2D eigenvalue weighted by atomic mass is 10.1. The molecule has 14 heteroatoms. The van der Waals surface area contributed by atoms with Gasteiger partial charge in [0, 0.05) is 36.3 Å². The van der Waals surface area contributed by atoms with Crippen LogP contribution in [-0.2, 0) is 41.3 Å². The molecule has 8 bridgehead atoms. The molecule has 14 nitrogen and oxygen atoms in total. The van der Waals surface area contributed by atoms with Crippen molar-refractivity contribution in [3.63, 3.8) is 0 Å². The Hall–Kier alpha value is -4.44. The normalized spacial score (nSPS) is 19.2. The Morgan fingerprint density at radius 2 is 0.672 bits per heavy atom. The van der Waals surface area contributed by atoms with Gasteiger partial charge >= 0.3 is 0 Å². The first-order valence-corrected chi connectivity index (χ1v) is 20.5. The summed E-state index contributed by atoms with van der Waals surface area (Å²) in [6, 6.07) is 18.6. The number of rotatable bonds is 0. The molecule has 0 saturated heterocycles. The van der Waals surface area contributed by atoms with Gasteiger partial charge in [0.1, 0.15) is 49.4 Å². The fourth-order valence-electron chi connectivity index (χ4n) is 6.16. The molecule has 3 aliphatic rings. The third-order valence-electron chi connectivity index (χ3n) is 9.10. The molecule has 0 aliphatic carbocycles. The Balaban J connectivity index is 1.26. The van der Waals surface area contributed by atoms with Crippen LogP contribution in [0.1, 0.15) is 57.5 Å². The molecule has 3 aromatic rings. The first-order chi connectivity index (χ1) is 28.6. The van der Waals surface area contributed by atoms with Crippen molar-refractivity contribution in [1.82, 2.24) is 10.6 Å². The van der Waals surface area contributed by atoms with E-state index in [1.807, 2.05) is 36.4 Å². The Morgan fingerprint density at radius 1 is 0.362 bits per heavy atom. The highest BCUT2D eigenvalue weighted by Crippen LogP contribution is 2.26. The van der Waals surface area contributed by atoms with Crippen molar-refractivity contribution in [1.29, 1.82) is 0 Å². The van der Waals surface area contributed by atoms with Crippen LogP contribution in [0.2, 0.25) is 0 Å². The van der Waals surface area contributed by atoms with Gasteiger partial charge in [0.05, 0.1) is 79.3 Å². The third-order valence-corrected chi connectivity index (χ3v) is 9.10. The highest BCUT2D eigenvalue weighted by Gasteiger charge is 2.12. The third kappa shape index (κ3) is 18.0. The predicted octanol–water partition coefficient (Wildman–Crippen LogP) is 4.83. The molecule has 0 radical (unpaired) electrons. The molecule has 6 rings (SSSR count). The zero-order chi connectivity index (χ0) is 40.3. The minimum absolute atomic E-state index is 0.216. The molecule has 318 valence electrons. The van der Waals surface area contributed by atoms with E-state index in [1.165, 1.54) is 0 Å². The number of hydrogen-bond donors (Lipinski definition) is 2. The van der Waals surface area contributed by atoms with E-state index < -0.39 is 0 Å². The largest absolute Gasteiger partial charge is 0.491 e. The molecule has 3 aromatic carbocycles. The van der Waals surface area contributed by atoms with Gasteiger partial charge in [0.2, 0.25) is 0 Å². The summed E-state index contributed by atoms with van der Waals surface area (Å²) >= 11 is 0. The summed E-state index contributed by atoms with van der Waals surface area (Å²) in [6.07, 6.45) is 4.74. The van der Waals surface area contributed by atoms with Crippen LogP contribution in [0, 0.1) is 0 Å². The number of aryl methyl sites for hydroxylation is 2. The van der Waals surface area contributed by atoms with Crippen LogP contribution in [0.3, 0.4) is 0 Å². The Bertz CT molecular complexity index is 1460. The van der Waals surface area contributed by atoms with Crippen molar-refractivity contribution in [2.24, 2.45) is 0 Å². The van der Waals surface area contributed by atoms with Crippen LogP contribution < -0.4 is 29.6 Å². The van der Waals surface area contributed by atoms with E-state index in [4.69, 9.17) is 47.4 Å². The Kier molecular flexibility index (Phi) is 21.0. The van der Waals surface area contributed by atoms with Gasteiger partial charge in [0.25, 0.3) is 11.8 Å². The number of carbonyl (C=O) groups excluding carboxylic acids is 2. The van der Waals surface area contributed by atoms with Gasteiger partial charge in [-0.1, -0.05) is 6.07 Å². The van der Waals surface area contributed by atoms with Gasteiger partial charge in [-0.2, -0.15) is 0 Å². The Morgan fingerprint density at radius 3 is 1.00 bits per heavy atom. The van der Waals surface area contributed by atoms with Gasteiger partial charge in [-0.15, -0.1) is 0 Å². The average molecular weight is 809 g/mol. The highest BCUT2D eigenvalue weighted by atomic mass is 16.6. The molecule has 0 spiro atoms. The van der Waals surface area contributed by atoms with E-state index >= 15 is 0 Å². The minimum atomic E-state index is -0.216. The number of benzene rings is 3. The summed E-state index contributed by atoms with van der Waals surface area (Å²) < 4.78 is 58.4. The summed E-state index contributed by atoms with van der Waals surface area (Å²) in [5.41, 5.74) is 3.00. The van der Waals surface area contributed by atoms with E-state index in [0.717, 1.165) is 49.7 Å². The molecule has 0 aromatic heterocycles. The molecule has 0 fully saturated rings. The van der Waals surface area contributed by atoms with Gasteiger partial charge in [-0.25, -0.2) is 0 Å². The van der Waals surface area contributed by atoms with Crippen molar-refractivity contribution in [3.8, 4) is 23.0 Å². The lowest BCUT2D eigenvalue weighted by Crippen LogP contribution is -2.27. The fourth-order valence-corrected chi connectivity index (χ4v) is 6.16. The quantitative estimate of drug-likeness (QED) is 0.300. The Labute approximate surface area is 342 Å². The molecule has 58 heavy (non-hydrogen) atoms. The predicted molar refractivity (Wildman–Crippen MR) is 217 cm³/mol. The smallest absolute Gasteiger partial charge is 0.251 e. The second-order valence-corrected chi connectivity index (χ2v) is 13.7. The van der Waals surface area contributed by atoms with Crippen LogP contribution in [0.25, 0.3) is 0 Å². The standard InChI is InChI=1S/C44H60N2O12/c47-43-37-8-5-9-38(32-37)44(48)46-11-4-2-7-36-30-41-34-42(31-36)58-27-23-54-19-15-50-13-17-52-21-25-56-40-29-35(6-1-3-10-45-43)28-39(33-40)55-24-20-51-16-12-49-14-18-53-22-26-57-41/h5,8-9,28-34H,1-4,6-7,10-27H2,(H,45,47)(H,46,48). The molecule has 2 amide bonds. The molecule has 0 saturated carbocycles. The SMILES string of the molecule is O=C1NCCCCc2cc3cc(c2)OCCOCCOCCOCCOc2cc(cc(c2)OCCOCCOCCOCCO3)CCCCNC(=O)c2cccc1c2. The van der Waals surface area contributed by atoms with E-state index in [9.17, 15) is 9.59 Å². The second-order valence-electron chi connectivity index (χ2n) is 13.7. The molecular weight excluding hydrogens is 748 g/mol. The maximum Gasteiger partial charge on any atom is 0.251 e. The second kappa shape index (κ2) is 27.3. The van der Waals surface area contributed by atoms with Crippen LogP contribution in [-0.4, -0.2) is 131 Å². The molecule has 3 aliphatic heterocycles. The zero-order valence-electron chi connectivity index (χ0n) is 33.6. The number of carbonyl (C=O) groups is 2. The zero-order valence-corrected chi connectivity index (χ0v) is 33.6. The van der Waals surface area contributed by atoms with Crippen LogP contribution in [0.5, 0.6) is 23.0 Å². The van der Waals surface area contributed by atoms with E-state index in [2.05, 4.69) is 10.6 Å². The summed E-state index contributed by atoms with van der Waals surface area (Å²) in [6.45, 7) is 7.62. The average Bonchev–Trinajstić information content (AvgIpc) is 3.23. The van der Waals surface area contributed by atoms with Crippen LogP contribution >= 0.6 is 0 Å². The number of hydrogen-bond acceptors (Lipinski definition) is 12. The van der Waals surface area contributed by atoms with Crippen LogP contribution in [0.15, 0.2) is 60.7 Å². The molecule has 2 N–H and O–H groups in total. The first kappa shape index (κ1) is 44.7. The molecular formula is C44H60N2O12. The maximum absolute atomic E-state index is 13.0. The number of fused-ring (bicyclic) bond motifs is 34. The van der Waals surface area contributed by atoms with Gasteiger partial charge in [-0.3, -0.25) is 9.59 Å². The van der Waals surface area contributed by atoms with Gasteiger partial charge in [0.15, 0.2) is 0 Å². The molecule has 0 unspecified atom stereocenters. The molecule has 3 heterocycles. The van der Waals surface area contributed by atoms with Crippen molar-refractivity contribution in [3.05, 3.63) is 82.9 Å². The summed E-state index contributed by atoms with van der Waals surface area (Å²) in [5.74, 6) is 2.31. The van der Waals surface area contributed by atoms with Crippen LogP contribution in [0.4, 0.5) is 0 Å². The highest BCUT2D eigenvalue weighted by molar-refractivity contribution is 5.99. The number of nitrogens with one attached hydrogen (secondary N) is 2. The monoisotopic (exact) mass is 808 g/mol. The number of ether oxygens (including phenoxy) is 10. The first-order valence-electron chi connectivity index (χ1n) is 20.5. The minimum Gasteiger partial charge on any atom is -0.491 e. The number of amides is 2. The van der Waals surface area contributed by atoms with Crippen molar-refractivity contribution >= 4 is 11.8 Å². The summed E-state index contributed by atoms with van der Waals surface area (Å²) in [5, 5.41) is 5.99. The lowest BCUT2D eigenvalue weighted by molar-refractivity contribution is 0.00433. The van der Waals surface area contributed by atoms with E-state index in [-0.39, 0.29) is 11.8 Å². The topological polar surface area (TPSA) is 151 Å². The molecule has 0 atom stereocenters. The van der Waals surface area contributed by atoms with E-state index in [0.29, 0.717) is 153 Å². The van der Waals surface area contributed by atoms with Gasteiger partial charge in [-0.05, 0) is 92.1 Å². The van der Waals surface area contributed by atoms with Crippen molar-refractivity contribution in [2.45, 2.75) is 38.5 Å². The summed E-state index contributed by atoms with van der Waals surface area (Å²) in [4.78, 5) is 26.0. The van der Waals surface area contributed by atoms with E-state index in [1.54, 1.807) is 24.3 Å². The van der Waals surface area contributed by atoms with Crippen molar-refractivity contribution in [2.75, 3.05) is 119 Å².